The number of para-hydroxylation sites is 1. The van der Waals surface area contributed by atoms with Gasteiger partial charge >= 0.3 is 0 Å². The number of anilines is 1. The summed E-state index contributed by atoms with van der Waals surface area (Å²) >= 11 is 2.03. The van der Waals surface area contributed by atoms with Crippen LogP contribution in [-0.2, 0) is 6.42 Å². The third kappa shape index (κ3) is 1.74. The molecule has 2 aliphatic heterocycles. The third-order valence-electron chi connectivity index (χ3n) is 3.15. The SMILES string of the molecule is CN1CC(SN2CCc3ccccc32)C1. The van der Waals surface area contributed by atoms with Crippen molar-refractivity contribution < 1.29 is 0 Å². The van der Waals surface area contributed by atoms with E-state index in [-0.39, 0.29) is 0 Å². The lowest BCUT2D eigenvalue weighted by molar-refractivity contribution is 0.239. The molecule has 2 aliphatic rings. The molecule has 0 aliphatic carbocycles. The molecule has 1 fully saturated rings. The average Bonchev–Trinajstić information content (AvgIpc) is 2.60. The smallest absolute Gasteiger partial charge is 0.0502 e. The first-order chi connectivity index (χ1) is 7.33. The maximum atomic E-state index is 2.48. The van der Waals surface area contributed by atoms with Crippen LogP contribution in [-0.4, -0.2) is 36.8 Å². The number of hydrogen-bond acceptors (Lipinski definition) is 3. The van der Waals surface area contributed by atoms with Crippen LogP contribution in [0.2, 0.25) is 0 Å². The van der Waals surface area contributed by atoms with Crippen molar-refractivity contribution in [2.24, 2.45) is 0 Å². The van der Waals surface area contributed by atoms with Crippen molar-refractivity contribution in [2.45, 2.75) is 11.7 Å². The van der Waals surface area contributed by atoms with E-state index >= 15 is 0 Å². The van der Waals surface area contributed by atoms with Crippen molar-refractivity contribution in [2.75, 3.05) is 31.0 Å². The van der Waals surface area contributed by atoms with Gasteiger partial charge in [0.1, 0.15) is 0 Å². The van der Waals surface area contributed by atoms with E-state index in [2.05, 4.69) is 40.5 Å². The zero-order valence-corrected chi connectivity index (χ0v) is 9.83. The molecule has 0 radical (unpaired) electrons. The highest BCUT2D eigenvalue weighted by molar-refractivity contribution is 8.01. The van der Waals surface area contributed by atoms with Crippen LogP contribution in [0, 0.1) is 0 Å². The highest BCUT2D eigenvalue weighted by Crippen LogP contribution is 2.36. The molecule has 0 aromatic heterocycles. The van der Waals surface area contributed by atoms with Gasteiger partial charge < -0.3 is 9.21 Å². The predicted molar refractivity (Wildman–Crippen MR) is 66.4 cm³/mol. The monoisotopic (exact) mass is 220 g/mol. The minimum Gasteiger partial charge on any atom is -0.315 e. The Morgan fingerprint density at radius 3 is 2.87 bits per heavy atom. The van der Waals surface area contributed by atoms with E-state index in [1.807, 2.05) is 11.9 Å². The molecule has 0 saturated carbocycles. The van der Waals surface area contributed by atoms with Crippen molar-refractivity contribution in [3.05, 3.63) is 29.8 Å². The number of nitrogens with zero attached hydrogens (tertiary/aromatic N) is 2. The Labute approximate surface area is 95.4 Å². The van der Waals surface area contributed by atoms with Gasteiger partial charge in [-0.25, -0.2) is 0 Å². The van der Waals surface area contributed by atoms with Gasteiger partial charge in [0.15, 0.2) is 0 Å². The summed E-state index contributed by atoms with van der Waals surface area (Å²) in [6.45, 7) is 3.66. The molecule has 0 N–H and O–H groups in total. The van der Waals surface area contributed by atoms with Crippen molar-refractivity contribution in [3.8, 4) is 0 Å². The lowest BCUT2D eigenvalue weighted by atomic mass is 10.2. The molecule has 2 heterocycles. The lowest BCUT2D eigenvalue weighted by Gasteiger charge is -2.37. The van der Waals surface area contributed by atoms with Gasteiger partial charge in [0, 0.05) is 19.6 Å². The summed E-state index contributed by atoms with van der Waals surface area (Å²) in [6.07, 6.45) is 1.21. The molecule has 80 valence electrons. The predicted octanol–water partition coefficient (Wildman–Crippen LogP) is 2.01. The second-order valence-corrected chi connectivity index (χ2v) is 5.75. The summed E-state index contributed by atoms with van der Waals surface area (Å²) in [5.74, 6) is 0. The van der Waals surface area contributed by atoms with E-state index in [1.165, 1.54) is 37.3 Å². The topological polar surface area (TPSA) is 6.48 Å². The fourth-order valence-electron chi connectivity index (χ4n) is 2.31. The summed E-state index contributed by atoms with van der Waals surface area (Å²) in [4.78, 5) is 2.37. The first-order valence-corrected chi connectivity index (χ1v) is 6.37. The summed E-state index contributed by atoms with van der Waals surface area (Å²) in [6, 6.07) is 8.79. The quantitative estimate of drug-likeness (QED) is 0.704. The van der Waals surface area contributed by atoms with Crippen LogP contribution in [0.4, 0.5) is 5.69 Å². The van der Waals surface area contributed by atoms with Crippen LogP contribution in [0.5, 0.6) is 0 Å². The van der Waals surface area contributed by atoms with Crippen LogP contribution in [0.3, 0.4) is 0 Å². The Morgan fingerprint density at radius 2 is 2.07 bits per heavy atom. The number of benzene rings is 1. The third-order valence-corrected chi connectivity index (χ3v) is 4.38. The maximum absolute atomic E-state index is 2.48. The minimum atomic E-state index is 0.807. The molecule has 0 atom stereocenters. The minimum absolute atomic E-state index is 0.807. The first kappa shape index (κ1) is 9.55. The van der Waals surface area contributed by atoms with Crippen molar-refractivity contribution >= 4 is 17.6 Å². The van der Waals surface area contributed by atoms with Crippen LogP contribution < -0.4 is 4.31 Å². The van der Waals surface area contributed by atoms with Gasteiger partial charge in [-0.15, -0.1) is 0 Å². The fourth-order valence-corrected chi connectivity index (χ4v) is 3.80. The van der Waals surface area contributed by atoms with Crippen LogP contribution >= 0.6 is 11.9 Å². The molecule has 0 spiro atoms. The molecule has 0 unspecified atom stereocenters. The largest absolute Gasteiger partial charge is 0.315 e. The molecule has 2 nitrogen and oxygen atoms in total. The molecule has 1 aromatic carbocycles. The zero-order chi connectivity index (χ0) is 10.3. The van der Waals surface area contributed by atoms with Gasteiger partial charge in [-0.3, -0.25) is 0 Å². The highest BCUT2D eigenvalue weighted by atomic mass is 32.2. The van der Waals surface area contributed by atoms with Crippen LogP contribution in [0.25, 0.3) is 0 Å². The van der Waals surface area contributed by atoms with E-state index in [0.717, 1.165) is 5.25 Å². The van der Waals surface area contributed by atoms with Gasteiger partial charge in [-0.1, -0.05) is 18.2 Å². The maximum Gasteiger partial charge on any atom is 0.0502 e. The standard InChI is InChI=1S/C12H16N2S/c1-13-8-11(9-13)15-14-7-6-10-4-2-3-5-12(10)14/h2-5,11H,6-9H2,1H3. The summed E-state index contributed by atoms with van der Waals surface area (Å²) in [5.41, 5.74) is 2.95. The van der Waals surface area contributed by atoms with Crippen LogP contribution in [0.1, 0.15) is 5.56 Å². The Balaban J connectivity index is 1.69. The molecule has 3 rings (SSSR count). The summed E-state index contributed by atoms with van der Waals surface area (Å²) in [5, 5.41) is 0.807. The molecule has 1 saturated heterocycles. The number of likely N-dealkylation sites (tertiary alicyclic amines) is 1. The Kier molecular flexibility index (Phi) is 2.37. The molecular weight excluding hydrogens is 204 g/mol. The number of fused-ring (bicyclic) bond motifs is 1. The second-order valence-electron chi connectivity index (χ2n) is 4.43. The summed E-state index contributed by atoms with van der Waals surface area (Å²) in [7, 11) is 2.19. The van der Waals surface area contributed by atoms with E-state index in [4.69, 9.17) is 0 Å². The van der Waals surface area contributed by atoms with Crippen molar-refractivity contribution in [1.82, 2.24) is 4.90 Å². The van der Waals surface area contributed by atoms with E-state index in [9.17, 15) is 0 Å². The zero-order valence-electron chi connectivity index (χ0n) is 9.02. The van der Waals surface area contributed by atoms with Gasteiger partial charge in [-0.2, -0.15) is 0 Å². The molecule has 0 amide bonds. The average molecular weight is 220 g/mol. The lowest BCUT2D eigenvalue weighted by Crippen LogP contribution is -2.47. The van der Waals surface area contributed by atoms with Gasteiger partial charge in [-0.05, 0) is 37.0 Å². The Morgan fingerprint density at radius 1 is 1.27 bits per heavy atom. The molecule has 15 heavy (non-hydrogen) atoms. The second kappa shape index (κ2) is 3.72. The molecular formula is C12H16N2S. The van der Waals surface area contributed by atoms with Gasteiger partial charge in [0.2, 0.25) is 0 Å². The van der Waals surface area contributed by atoms with Gasteiger partial charge in [0.05, 0.1) is 10.9 Å². The number of hydrogen-bond donors (Lipinski definition) is 0. The van der Waals surface area contributed by atoms with E-state index in [1.54, 1.807) is 0 Å². The normalized spacial score (nSPS) is 21.5. The molecule has 0 bridgehead atoms. The number of rotatable bonds is 2. The molecule has 1 aromatic rings. The van der Waals surface area contributed by atoms with E-state index < -0.39 is 0 Å². The Hall–Kier alpha value is -0.670. The fraction of sp³-hybridized carbons (Fsp3) is 0.500. The highest BCUT2D eigenvalue weighted by Gasteiger charge is 2.29. The van der Waals surface area contributed by atoms with Crippen LogP contribution in [0.15, 0.2) is 24.3 Å². The van der Waals surface area contributed by atoms with Gasteiger partial charge in [0.25, 0.3) is 0 Å². The first-order valence-electron chi connectivity index (χ1n) is 5.54. The van der Waals surface area contributed by atoms with Crippen molar-refractivity contribution in [3.63, 3.8) is 0 Å². The van der Waals surface area contributed by atoms with Crippen molar-refractivity contribution in [1.29, 1.82) is 0 Å². The summed E-state index contributed by atoms with van der Waals surface area (Å²) < 4.78 is 2.48. The molecule has 3 heteroatoms. The van der Waals surface area contributed by atoms with E-state index in [0.29, 0.717) is 0 Å². The Bertz CT molecular complexity index is 360.